The zero-order chi connectivity index (χ0) is 13.0. The fraction of sp³-hybridized carbons (Fsp3) is 0.538. The maximum atomic E-state index is 6.19. The van der Waals surface area contributed by atoms with Gasteiger partial charge in [0, 0.05) is 55.9 Å². The van der Waals surface area contributed by atoms with Crippen molar-refractivity contribution in [2.75, 3.05) is 39.3 Å². The first-order valence-corrected chi connectivity index (χ1v) is 7.03. The van der Waals surface area contributed by atoms with E-state index in [-0.39, 0.29) is 0 Å². The minimum Gasteiger partial charge on any atom is -0.329 e. The molecular formula is C13H19Cl2N3. The van der Waals surface area contributed by atoms with Crippen molar-refractivity contribution in [1.82, 2.24) is 9.80 Å². The Labute approximate surface area is 118 Å². The van der Waals surface area contributed by atoms with Gasteiger partial charge in [-0.1, -0.05) is 29.3 Å². The van der Waals surface area contributed by atoms with Crippen molar-refractivity contribution in [3.63, 3.8) is 0 Å². The predicted molar refractivity (Wildman–Crippen MR) is 77.2 cm³/mol. The Kier molecular flexibility index (Phi) is 5.27. The van der Waals surface area contributed by atoms with Gasteiger partial charge in [0.25, 0.3) is 0 Å². The van der Waals surface area contributed by atoms with Crippen LogP contribution >= 0.6 is 23.2 Å². The summed E-state index contributed by atoms with van der Waals surface area (Å²) in [7, 11) is 0. The first-order chi connectivity index (χ1) is 8.69. The third-order valence-electron chi connectivity index (χ3n) is 3.32. The summed E-state index contributed by atoms with van der Waals surface area (Å²) in [5, 5.41) is 1.45. The van der Waals surface area contributed by atoms with Gasteiger partial charge in [-0.25, -0.2) is 0 Å². The summed E-state index contributed by atoms with van der Waals surface area (Å²) < 4.78 is 0. The zero-order valence-electron chi connectivity index (χ0n) is 10.4. The van der Waals surface area contributed by atoms with Gasteiger partial charge in [0.15, 0.2) is 0 Å². The van der Waals surface area contributed by atoms with E-state index in [2.05, 4.69) is 9.80 Å². The molecule has 0 atom stereocenters. The second-order valence-corrected chi connectivity index (χ2v) is 5.49. The Balaban J connectivity index is 1.87. The van der Waals surface area contributed by atoms with E-state index in [9.17, 15) is 0 Å². The zero-order valence-corrected chi connectivity index (χ0v) is 11.9. The molecule has 0 saturated carbocycles. The maximum absolute atomic E-state index is 6.19. The lowest BCUT2D eigenvalue weighted by atomic mass is 10.2. The van der Waals surface area contributed by atoms with Crippen LogP contribution in [0.1, 0.15) is 5.56 Å². The highest BCUT2D eigenvalue weighted by Crippen LogP contribution is 2.22. The fourth-order valence-electron chi connectivity index (χ4n) is 2.24. The number of rotatable bonds is 4. The van der Waals surface area contributed by atoms with Gasteiger partial charge in [0.05, 0.1) is 0 Å². The average Bonchev–Trinajstić information content (AvgIpc) is 2.35. The van der Waals surface area contributed by atoms with Crippen LogP contribution in [0.15, 0.2) is 18.2 Å². The molecule has 0 radical (unpaired) electrons. The van der Waals surface area contributed by atoms with Crippen molar-refractivity contribution in [2.45, 2.75) is 6.54 Å². The minimum atomic E-state index is 0.691. The van der Waals surface area contributed by atoms with E-state index in [1.807, 2.05) is 18.2 Å². The molecule has 2 N–H and O–H groups in total. The second-order valence-electron chi connectivity index (χ2n) is 4.64. The van der Waals surface area contributed by atoms with E-state index in [1.54, 1.807) is 0 Å². The van der Waals surface area contributed by atoms with Crippen LogP contribution in [0.2, 0.25) is 10.0 Å². The highest BCUT2D eigenvalue weighted by Gasteiger charge is 2.16. The number of nitrogens with two attached hydrogens (primary N) is 1. The molecule has 1 aromatic rings. The van der Waals surface area contributed by atoms with Crippen LogP contribution in [0.3, 0.4) is 0 Å². The Morgan fingerprint density at radius 3 is 2.33 bits per heavy atom. The van der Waals surface area contributed by atoms with Gasteiger partial charge in [-0.15, -0.1) is 0 Å². The highest BCUT2D eigenvalue weighted by molar-refractivity contribution is 6.35. The Hall–Kier alpha value is -0.320. The van der Waals surface area contributed by atoms with Crippen molar-refractivity contribution in [2.24, 2.45) is 5.73 Å². The van der Waals surface area contributed by atoms with E-state index in [0.29, 0.717) is 5.02 Å². The van der Waals surface area contributed by atoms with Crippen LogP contribution in [-0.4, -0.2) is 49.1 Å². The van der Waals surface area contributed by atoms with Gasteiger partial charge in [-0.2, -0.15) is 0 Å². The topological polar surface area (TPSA) is 32.5 Å². The Morgan fingerprint density at radius 1 is 1.06 bits per heavy atom. The smallest absolute Gasteiger partial charge is 0.0465 e. The molecule has 5 heteroatoms. The van der Waals surface area contributed by atoms with Crippen LogP contribution in [-0.2, 0) is 6.54 Å². The normalized spacial score (nSPS) is 18.2. The fourth-order valence-corrected chi connectivity index (χ4v) is 2.71. The Bertz CT molecular complexity index is 390. The number of piperazine rings is 1. The third kappa shape index (κ3) is 3.84. The van der Waals surface area contributed by atoms with Crippen molar-refractivity contribution < 1.29 is 0 Å². The summed E-state index contributed by atoms with van der Waals surface area (Å²) in [6.45, 7) is 6.94. The molecule has 18 heavy (non-hydrogen) atoms. The molecule has 0 bridgehead atoms. The van der Waals surface area contributed by atoms with Crippen LogP contribution < -0.4 is 5.73 Å². The molecule has 0 spiro atoms. The largest absolute Gasteiger partial charge is 0.329 e. The highest BCUT2D eigenvalue weighted by atomic mass is 35.5. The summed E-state index contributed by atoms with van der Waals surface area (Å²) in [6.07, 6.45) is 0. The molecule has 0 amide bonds. The quantitative estimate of drug-likeness (QED) is 0.920. The van der Waals surface area contributed by atoms with Gasteiger partial charge < -0.3 is 5.73 Å². The molecular weight excluding hydrogens is 269 g/mol. The first-order valence-electron chi connectivity index (χ1n) is 6.28. The Morgan fingerprint density at radius 2 is 1.72 bits per heavy atom. The number of hydrogen-bond acceptors (Lipinski definition) is 3. The predicted octanol–water partition coefficient (Wildman–Crippen LogP) is 2.07. The van der Waals surface area contributed by atoms with Gasteiger partial charge in [0.1, 0.15) is 0 Å². The molecule has 1 aromatic carbocycles. The van der Waals surface area contributed by atoms with Crippen LogP contribution in [0.4, 0.5) is 0 Å². The first kappa shape index (κ1) is 14.1. The van der Waals surface area contributed by atoms with E-state index in [1.165, 1.54) is 0 Å². The standard InChI is InChI=1S/C13H19Cl2N3/c14-12-2-1-11(13(15)9-12)10-18-7-5-17(4-3-16)6-8-18/h1-2,9H,3-8,10,16H2. The summed E-state index contributed by atoms with van der Waals surface area (Å²) in [4.78, 5) is 4.82. The van der Waals surface area contributed by atoms with E-state index < -0.39 is 0 Å². The number of halogens is 2. The van der Waals surface area contributed by atoms with Crippen molar-refractivity contribution >= 4 is 23.2 Å². The lowest BCUT2D eigenvalue weighted by Crippen LogP contribution is -2.47. The van der Waals surface area contributed by atoms with Crippen molar-refractivity contribution in [1.29, 1.82) is 0 Å². The van der Waals surface area contributed by atoms with E-state index in [4.69, 9.17) is 28.9 Å². The van der Waals surface area contributed by atoms with Crippen LogP contribution in [0.5, 0.6) is 0 Å². The van der Waals surface area contributed by atoms with Crippen LogP contribution in [0.25, 0.3) is 0 Å². The molecule has 0 unspecified atom stereocenters. The molecule has 1 saturated heterocycles. The van der Waals surface area contributed by atoms with E-state index >= 15 is 0 Å². The lowest BCUT2D eigenvalue weighted by Gasteiger charge is -2.34. The summed E-state index contributed by atoms with van der Waals surface area (Å²) >= 11 is 12.1. The lowest BCUT2D eigenvalue weighted by molar-refractivity contribution is 0.130. The molecule has 1 fully saturated rings. The van der Waals surface area contributed by atoms with Crippen LogP contribution in [0, 0.1) is 0 Å². The minimum absolute atomic E-state index is 0.691. The van der Waals surface area contributed by atoms with Gasteiger partial charge >= 0.3 is 0 Å². The van der Waals surface area contributed by atoms with Crippen molar-refractivity contribution in [3.8, 4) is 0 Å². The molecule has 0 aliphatic carbocycles. The monoisotopic (exact) mass is 287 g/mol. The number of hydrogen-bond donors (Lipinski definition) is 1. The van der Waals surface area contributed by atoms with Crippen molar-refractivity contribution in [3.05, 3.63) is 33.8 Å². The third-order valence-corrected chi connectivity index (χ3v) is 3.91. The van der Waals surface area contributed by atoms with Gasteiger partial charge in [-0.3, -0.25) is 9.80 Å². The maximum Gasteiger partial charge on any atom is 0.0465 e. The number of benzene rings is 1. The van der Waals surface area contributed by atoms with Gasteiger partial charge in [-0.05, 0) is 17.7 Å². The van der Waals surface area contributed by atoms with Gasteiger partial charge in [0.2, 0.25) is 0 Å². The molecule has 1 heterocycles. The molecule has 0 aromatic heterocycles. The molecule has 100 valence electrons. The second kappa shape index (κ2) is 6.73. The summed E-state index contributed by atoms with van der Waals surface area (Å²) in [6, 6.07) is 5.72. The molecule has 1 aliphatic rings. The van der Waals surface area contributed by atoms with E-state index in [0.717, 1.165) is 56.4 Å². The summed E-state index contributed by atoms with van der Waals surface area (Å²) in [5.41, 5.74) is 6.71. The molecule has 3 nitrogen and oxygen atoms in total. The SMILES string of the molecule is NCCN1CCN(Cc2ccc(Cl)cc2Cl)CC1. The molecule has 1 aliphatic heterocycles. The number of nitrogens with zero attached hydrogens (tertiary/aromatic N) is 2. The summed E-state index contributed by atoms with van der Waals surface area (Å²) in [5.74, 6) is 0. The molecule has 2 rings (SSSR count). The average molecular weight is 288 g/mol.